The van der Waals surface area contributed by atoms with Gasteiger partial charge in [0.2, 0.25) is 0 Å². The van der Waals surface area contributed by atoms with Crippen molar-refractivity contribution in [2.45, 2.75) is 31.7 Å². The molecule has 2 aliphatic heterocycles. The summed E-state index contributed by atoms with van der Waals surface area (Å²) in [6.07, 6.45) is -5.52. The fourth-order valence-corrected chi connectivity index (χ4v) is 4.89. The van der Waals surface area contributed by atoms with Gasteiger partial charge >= 0.3 is 12.1 Å². The van der Waals surface area contributed by atoms with Crippen LogP contribution in [0.1, 0.15) is 24.5 Å². The van der Waals surface area contributed by atoms with Crippen molar-refractivity contribution in [3.8, 4) is 6.07 Å². The predicted octanol–water partition coefficient (Wildman–Crippen LogP) is 2.35. The molecule has 11 heteroatoms. The smallest absolute Gasteiger partial charge is 0.419 e. The first-order chi connectivity index (χ1) is 13.5. The zero-order valence-electron chi connectivity index (χ0n) is 15.3. The number of rotatable bonds is 4. The van der Waals surface area contributed by atoms with Gasteiger partial charge in [0.25, 0.3) is 0 Å². The molecular formula is C18H18ClF3N4O3. The number of hydrogen-bond donors (Lipinski definition) is 2. The molecule has 3 aliphatic rings. The number of aromatic nitrogens is 1. The number of aliphatic hydroxyl groups is 1. The van der Waals surface area contributed by atoms with Crippen molar-refractivity contribution < 1.29 is 28.2 Å². The molecule has 2 unspecified atom stereocenters. The number of aliphatic carboxylic acids is 1. The van der Waals surface area contributed by atoms with Crippen molar-refractivity contribution in [1.29, 1.82) is 5.26 Å². The quantitative estimate of drug-likeness (QED) is 0.756. The fourth-order valence-electron chi connectivity index (χ4n) is 4.52. The molecule has 3 heterocycles. The van der Waals surface area contributed by atoms with Gasteiger partial charge in [-0.25, -0.2) is 4.98 Å². The number of pyridine rings is 1. The Bertz CT molecular complexity index is 907. The van der Waals surface area contributed by atoms with Gasteiger partial charge in [-0.2, -0.15) is 18.4 Å². The summed E-state index contributed by atoms with van der Waals surface area (Å²) in [7, 11) is 0. The van der Waals surface area contributed by atoms with Gasteiger partial charge in [-0.1, -0.05) is 11.6 Å². The van der Waals surface area contributed by atoms with E-state index in [2.05, 4.69) is 4.98 Å². The third-order valence-electron chi connectivity index (χ3n) is 6.28. The summed E-state index contributed by atoms with van der Waals surface area (Å²) in [5.74, 6) is -0.891. The minimum Gasteiger partial charge on any atom is -0.481 e. The van der Waals surface area contributed by atoms with E-state index in [4.69, 9.17) is 16.7 Å². The lowest BCUT2D eigenvalue weighted by Gasteiger charge is -2.45. The Balaban J connectivity index is 1.72. The second-order valence-electron chi connectivity index (χ2n) is 7.89. The Morgan fingerprint density at radius 3 is 2.38 bits per heavy atom. The van der Waals surface area contributed by atoms with Crippen LogP contribution in [0.3, 0.4) is 0 Å². The maximum Gasteiger partial charge on any atom is 0.419 e. The predicted molar refractivity (Wildman–Crippen MR) is 96.7 cm³/mol. The van der Waals surface area contributed by atoms with Crippen LogP contribution < -0.4 is 9.80 Å². The molecule has 0 aromatic carbocycles. The summed E-state index contributed by atoms with van der Waals surface area (Å²) in [5, 5.41) is 27.5. The van der Waals surface area contributed by atoms with Crippen LogP contribution in [0, 0.1) is 29.1 Å². The normalized spacial score (nSPS) is 30.6. The molecule has 4 atom stereocenters. The maximum absolute atomic E-state index is 13.8. The lowest BCUT2D eigenvalue weighted by molar-refractivity contribution is -0.138. The van der Waals surface area contributed by atoms with Crippen molar-refractivity contribution in [1.82, 2.24) is 4.98 Å². The first kappa shape index (κ1) is 20.0. The van der Waals surface area contributed by atoms with Gasteiger partial charge < -0.3 is 20.0 Å². The summed E-state index contributed by atoms with van der Waals surface area (Å²) in [4.78, 5) is 18.3. The minimum absolute atomic E-state index is 0.0213. The van der Waals surface area contributed by atoms with Crippen LogP contribution in [0.5, 0.6) is 0 Å². The fraction of sp³-hybridized carbons (Fsp3) is 0.611. The van der Waals surface area contributed by atoms with E-state index >= 15 is 0 Å². The van der Waals surface area contributed by atoms with Crippen molar-refractivity contribution in [2.75, 3.05) is 29.4 Å². The van der Waals surface area contributed by atoms with Gasteiger partial charge in [-0.15, -0.1) is 0 Å². The summed E-state index contributed by atoms with van der Waals surface area (Å²) in [6, 6.07) is 1.11. The Hall–Kier alpha value is -2.25. The molecule has 2 saturated heterocycles. The van der Waals surface area contributed by atoms with Crippen molar-refractivity contribution in [3.05, 3.63) is 16.1 Å². The van der Waals surface area contributed by atoms with Crippen LogP contribution in [-0.4, -0.2) is 52.9 Å². The number of piperidine rings is 1. The number of fused-ring (bicyclic) bond motifs is 1. The average Bonchev–Trinajstić information content (AvgIpc) is 3.06. The van der Waals surface area contributed by atoms with Gasteiger partial charge in [0.15, 0.2) is 5.82 Å². The zero-order valence-corrected chi connectivity index (χ0v) is 16.1. The number of alkyl halides is 3. The van der Waals surface area contributed by atoms with Crippen LogP contribution >= 0.6 is 11.6 Å². The minimum atomic E-state index is -4.85. The van der Waals surface area contributed by atoms with Gasteiger partial charge in [0, 0.05) is 26.1 Å². The Kier molecular flexibility index (Phi) is 4.59. The standard InChI is InChI=1S/C18H18ClF3N4O3/c1-7-12(27)6-26(7)16-9(3-23)14(18(20,21)22)15(19)17(24-16)25-4-10-8(2-13(28)29)11(10)5-25/h7-8,10-12,27H,2,4-6H2,1H3,(H,28,29)/t7-,8?,10?,11?,12+/m0/s1. The Morgan fingerprint density at radius 1 is 1.31 bits per heavy atom. The van der Waals surface area contributed by atoms with Gasteiger partial charge in [-0.3, -0.25) is 4.79 Å². The summed E-state index contributed by atoms with van der Waals surface area (Å²) >= 11 is 6.11. The molecule has 1 aliphatic carbocycles. The highest BCUT2D eigenvalue weighted by Gasteiger charge is 2.57. The molecule has 0 amide bonds. The van der Waals surface area contributed by atoms with E-state index in [9.17, 15) is 28.3 Å². The van der Waals surface area contributed by atoms with Crippen molar-refractivity contribution in [3.63, 3.8) is 0 Å². The van der Waals surface area contributed by atoms with E-state index < -0.39 is 40.4 Å². The molecule has 1 saturated carbocycles. The third-order valence-corrected chi connectivity index (χ3v) is 6.64. The van der Waals surface area contributed by atoms with Crippen LogP contribution in [-0.2, 0) is 11.0 Å². The van der Waals surface area contributed by atoms with Crippen LogP contribution in [0.4, 0.5) is 24.8 Å². The van der Waals surface area contributed by atoms with Gasteiger partial charge in [-0.05, 0) is 24.7 Å². The number of nitriles is 1. The van der Waals surface area contributed by atoms with Gasteiger partial charge in [0.05, 0.1) is 22.7 Å². The number of anilines is 2. The molecule has 4 rings (SSSR count). The van der Waals surface area contributed by atoms with E-state index in [1.54, 1.807) is 17.9 Å². The monoisotopic (exact) mass is 430 g/mol. The van der Waals surface area contributed by atoms with Gasteiger partial charge in [0.1, 0.15) is 17.5 Å². The SMILES string of the molecule is C[C@H]1[C@H](O)CN1c1nc(N2CC3C(CC(=O)O)C3C2)c(Cl)c(C(F)(F)F)c1C#N. The van der Waals surface area contributed by atoms with E-state index in [1.807, 2.05) is 0 Å². The number of halogens is 4. The second kappa shape index (κ2) is 6.64. The topological polar surface area (TPSA) is 101 Å². The second-order valence-corrected chi connectivity index (χ2v) is 8.27. The average molecular weight is 431 g/mol. The molecule has 156 valence electrons. The number of nitrogens with zero attached hydrogens (tertiary/aromatic N) is 4. The number of aliphatic hydroxyl groups excluding tert-OH is 1. The van der Waals surface area contributed by atoms with E-state index in [0.29, 0.717) is 13.1 Å². The molecule has 1 aromatic heterocycles. The molecular weight excluding hydrogens is 413 g/mol. The van der Waals surface area contributed by atoms with E-state index in [0.717, 1.165) is 0 Å². The molecule has 7 nitrogen and oxygen atoms in total. The van der Waals surface area contributed by atoms with E-state index in [1.165, 1.54) is 4.90 Å². The number of hydrogen-bond acceptors (Lipinski definition) is 6. The van der Waals surface area contributed by atoms with Crippen LogP contribution in [0.2, 0.25) is 5.02 Å². The molecule has 29 heavy (non-hydrogen) atoms. The number of carbonyl (C=O) groups is 1. The molecule has 2 N–H and O–H groups in total. The molecule has 1 aromatic rings. The summed E-state index contributed by atoms with van der Waals surface area (Å²) < 4.78 is 41.3. The largest absolute Gasteiger partial charge is 0.481 e. The zero-order chi connectivity index (χ0) is 21.2. The molecule has 0 spiro atoms. The van der Waals surface area contributed by atoms with Crippen molar-refractivity contribution >= 4 is 29.2 Å². The lowest BCUT2D eigenvalue weighted by atomic mass is 9.99. The molecule has 0 bridgehead atoms. The van der Waals surface area contributed by atoms with Crippen molar-refractivity contribution in [2.24, 2.45) is 17.8 Å². The summed E-state index contributed by atoms with van der Waals surface area (Å²) in [6.45, 7) is 2.46. The van der Waals surface area contributed by atoms with E-state index in [-0.39, 0.29) is 42.4 Å². The highest BCUT2D eigenvalue weighted by Crippen LogP contribution is 2.55. The number of carboxylic acid groups (broad SMARTS) is 1. The van der Waals surface area contributed by atoms with Crippen LogP contribution in [0.25, 0.3) is 0 Å². The maximum atomic E-state index is 13.8. The van der Waals surface area contributed by atoms with Crippen LogP contribution in [0.15, 0.2) is 0 Å². The number of carboxylic acids is 1. The first-order valence-electron chi connectivity index (χ1n) is 9.16. The molecule has 3 fully saturated rings. The highest BCUT2D eigenvalue weighted by atomic mass is 35.5. The summed E-state index contributed by atoms with van der Waals surface area (Å²) in [5.41, 5.74) is -1.88. The number of β-amino-alcohol motifs (C(OH)–C–C–N with tert-alkyl or cyclic N) is 1. The Labute approximate surface area is 169 Å². The Morgan fingerprint density at radius 2 is 1.93 bits per heavy atom. The lowest BCUT2D eigenvalue weighted by Crippen LogP contribution is -2.59. The molecule has 0 radical (unpaired) electrons. The first-order valence-corrected chi connectivity index (χ1v) is 9.54. The third kappa shape index (κ3) is 3.16. The highest BCUT2D eigenvalue weighted by molar-refractivity contribution is 6.34.